The van der Waals surface area contributed by atoms with E-state index in [4.69, 9.17) is 4.74 Å². The van der Waals surface area contributed by atoms with E-state index < -0.39 is 18.3 Å². The first-order chi connectivity index (χ1) is 13.4. The second kappa shape index (κ2) is 11.1. The van der Waals surface area contributed by atoms with E-state index in [2.05, 4.69) is 18.7 Å². The van der Waals surface area contributed by atoms with Gasteiger partial charge in [0.15, 0.2) is 0 Å². The maximum absolute atomic E-state index is 12.8. The van der Waals surface area contributed by atoms with Gasteiger partial charge in [-0.2, -0.15) is 0 Å². The molecule has 0 saturated carbocycles. The molecule has 1 aliphatic carbocycles. The van der Waals surface area contributed by atoms with Crippen molar-refractivity contribution in [3.8, 4) is 0 Å². The normalized spacial score (nSPS) is 35.0. The molecular weight excluding hydrogens is 354 g/mol. The molecule has 0 radical (unpaired) electrons. The summed E-state index contributed by atoms with van der Waals surface area (Å²) in [5.74, 6) is -0.886. The van der Waals surface area contributed by atoms with Crippen molar-refractivity contribution in [3.05, 3.63) is 23.3 Å². The lowest BCUT2D eigenvalue weighted by Crippen LogP contribution is -2.40. The van der Waals surface area contributed by atoms with Crippen molar-refractivity contribution in [1.82, 2.24) is 4.90 Å². The highest BCUT2D eigenvalue weighted by Crippen LogP contribution is 2.36. The minimum atomic E-state index is -0.722. The number of ether oxygens (including phenoxy) is 1. The summed E-state index contributed by atoms with van der Waals surface area (Å²) in [4.78, 5) is 15.1. The van der Waals surface area contributed by atoms with Crippen LogP contribution in [0.2, 0.25) is 0 Å². The van der Waals surface area contributed by atoms with Gasteiger partial charge in [-0.25, -0.2) is 0 Å². The van der Waals surface area contributed by atoms with Crippen LogP contribution in [0.1, 0.15) is 66.2 Å². The molecule has 2 N–H and O–H groups in total. The smallest absolute Gasteiger partial charge is 0.311 e. The van der Waals surface area contributed by atoms with Gasteiger partial charge >= 0.3 is 5.97 Å². The van der Waals surface area contributed by atoms with E-state index in [-0.39, 0.29) is 17.8 Å². The van der Waals surface area contributed by atoms with E-state index in [0.717, 1.165) is 56.3 Å². The van der Waals surface area contributed by atoms with Gasteiger partial charge in [0.2, 0.25) is 0 Å². The lowest BCUT2D eigenvalue weighted by atomic mass is 9.82. The Morgan fingerprint density at radius 2 is 1.75 bits per heavy atom. The van der Waals surface area contributed by atoms with Crippen LogP contribution in [-0.2, 0) is 9.53 Å². The fraction of sp³-hybridized carbons (Fsp3) is 0.783. The number of allylic oxidation sites excluding steroid dienone is 1. The number of aliphatic hydroxyl groups is 2. The first-order valence-corrected chi connectivity index (χ1v) is 11.0. The molecule has 28 heavy (non-hydrogen) atoms. The van der Waals surface area contributed by atoms with Gasteiger partial charge in [-0.1, -0.05) is 38.3 Å². The van der Waals surface area contributed by atoms with Gasteiger partial charge in [-0.15, -0.1) is 0 Å². The molecular formula is C23H39NO4. The number of nitrogens with zero attached hydrogens (tertiary/aromatic N) is 1. The number of aliphatic hydroxyl groups excluding tert-OH is 2. The molecule has 5 atom stereocenters. The summed E-state index contributed by atoms with van der Waals surface area (Å²) in [6.45, 7) is 10.8. The van der Waals surface area contributed by atoms with Gasteiger partial charge in [-0.3, -0.25) is 4.79 Å². The number of fused-ring (bicyclic) bond motifs is 1. The van der Waals surface area contributed by atoms with Crippen LogP contribution in [0.15, 0.2) is 23.3 Å². The third-order valence-corrected chi connectivity index (χ3v) is 6.12. The van der Waals surface area contributed by atoms with Crippen LogP contribution in [0.4, 0.5) is 0 Å². The summed E-state index contributed by atoms with van der Waals surface area (Å²) in [5.41, 5.74) is 1.87. The maximum Gasteiger partial charge on any atom is 0.311 e. The molecule has 0 spiro atoms. The number of carbonyl (C=O) groups excluding carboxylic acids is 1. The zero-order valence-corrected chi connectivity index (χ0v) is 18.1. The molecule has 0 aromatic heterocycles. The van der Waals surface area contributed by atoms with Gasteiger partial charge in [0.05, 0.1) is 18.1 Å². The molecule has 0 bridgehead atoms. The van der Waals surface area contributed by atoms with Crippen LogP contribution in [0, 0.1) is 11.8 Å². The SMILES string of the molecule is CCCCN(CCCC)CC1C(=O)O[C@H]2/C=C(\C)[C@@H](O)CC/C(C)=C/C(O)C12. The molecule has 0 aromatic carbocycles. The summed E-state index contributed by atoms with van der Waals surface area (Å²) in [7, 11) is 0. The Hall–Kier alpha value is -1.17. The van der Waals surface area contributed by atoms with Crippen LogP contribution in [0.25, 0.3) is 0 Å². The number of unbranched alkanes of at least 4 members (excludes halogenated alkanes) is 2. The van der Waals surface area contributed by atoms with Crippen molar-refractivity contribution < 1.29 is 19.7 Å². The average Bonchev–Trinajstić information content (AvgIpc) is 2.95. The van der Waals surface area contributed by atoms with Gasteiger partial charge in [0, 0.05) is 12.5 Å². The molecule has 1 saturated heterocycles. The second-order valence-electron chi connectivity index (χ2n) is 8.56. The van der Waals surface area contributed by atoms with E-state index in [1.54, 1.807) is 0 Å². The minimum absolute atomic E-state index is 0.226. The maximum atomic E-state index is 12.8. The summed E-state index contributed by atoms with van der Waals surface area (Å²) in [6.07, 6.45) is 7.77. The van der Waals surface area contributed by atoms with E-state index in [0.29, 0.717) is 13.0 Å². The number of hydrogen-bond donors (Lipinski definition) is 2. The van der Waals surface area contributed by atoms with Crippen LogP contribution in [-0.4, -0.2) is 59.0 Å². The summed E-state index contributed by atoms with van der Waals surface area (Å²) in [6, 6.07) is 0. The summed E-state index contributed by atoms with van der Waals surface area (Å²) >= 11 is 0. The highest BCUT2D eigenvalue weighted by atomic mass is 16.6. The Morgan fingerprint density at radius 3 is 2.36 bits per heavy atom. The fourth-order valence-corrected chi connectivity index (χ4v) is 4.24. The predicted octanol–water partition coefficient (Wildman–Crippen LogP) is 3.45. The van der Waals surface area contributed by atoms with Gasteiger partial charge < -0.3 is 19.8 Å². The largest absolute Gasteiger partial charge is 0.457 e. The van der Waals surface area contributed by atoms with Crippen molar-refractivity contribution in [3.63, 3.8) is 0 Å². The first-order valence-electron chi connectivity index (χ1n) is 11.0. The number of esters is 1. The van der Waals surface area contributed by atoms with Crippen molar-refractivity contribution in [1.29, 1.82) is 0 Å². The van der Waals surface area contributed by atoms with Crippen molar-refractivity contribution in [2.24, 2.45) is 11.8 Å². The molecule has 5 heteroatoms. The van der Waals surface area contributed by atoms with Crippen LogP contribution < -0.4 is 0 Å². The summed E-state index contributed by atoms with van der Waals surface area (Å²) < 4.78 is 5.70. The Balaban J connectivity index is 2.26. The standard InChI is InChI=1S/C23H39NO4/c1-5-7-11-24(12-8-6-2)15-18-22-20(26)13-16(3)9-10-19(25)17(4)14-21(22)28-23(18)27/h13-14,18-22,25-26H,5-12,15H2,1-4H3/b16-13+,17-14+/t18?,19-,20?,21-,22?/m0/s1. The molecule has 1 fully saturated rings. The van der Waals surface area contributed by atoms with Crippen LogP contribution in [0.3, 0.4) is 0 Å². The molecule has 2 aliphatic rings. The predicted molar refractivity (Wildman–Crippen MR) is 112 cm³/mol. The summed E-state index contributed by atoms with van der Waals surface area (Å²) in [5, 5.41) is 21.3. The molecule has 1 aliphatic heterocycles. The van der Waals surface area contributed by atoms with E-state index in [9.17, 15) is 15.0 Å². The van der Waals surface area contributed by atoms with Gasteiger partial charge in [0.25, 0.3) is 0 Å². The molecule has 3 unspecified atom stereocenters. The number of rotatable bonds is 8. The van der Waals surface area contributed by atoms with E-state index >= 15 is 0 Å². The fourth-order valence-electron chi connectivity index (χ4n) is 4.24. The number of carbonyl (C=O) groups is 1. The molecule has 2 rings (SSSR count). The quantitative estimate of drug-likeness (QED) is 0.488. The van der Waals surface area contributed by atoms with Crippen LogP contribution >= 0.6 is 0 Å². The lowest BCUT2D eigenvalue weighted by Gasteiger charge is -2.29. The average molecular weight is 394 g/mol. The zero-order chi connectivity index (χ0) is 20.7. The van der Waals surface area contributed by atoms with Crippen molar-refractivity contribution in [2.75, 3.05) is 19.6 Å². The monoisotopic (exact) mass is 393 g/mol. The second-order valence-corrected chi connectivity index (χ2v) is 8.56. The highest BCUT2D eigenvalue weighted by molar-refractivity contribution is 5.76. The lowest BCUT2D eigenvalue weighted by molar-refractivity contribution is -0.143. The minimum Gasteiger partial charge on any atom is -0.457 e. The Labute approximate surface area is 170 Å². The highest BCUT2D eigenvalue weighted by Gasteiger charge is 2.47. The molecule has 0 aromatic rings. The van der Waals surface area contributed by atoms with E-state index in [1.165, 1.54) is 0 Å². The Kier molecular flexibility index (Phi) is 9.19. The van der Waals surface area contributed by atoms with Gasteiger partial charge in [0.1, 0.15) is 6.10 Å². The molecule has 5 nitrogen and oxygen atoms in total. The Bertz CT molecular complexity index is 563. The van der Waals surface area contributed by atoms with E-state index in [1.807, 2.05) is 26.0 Å². The van der Waals surface area contributed by atoms with Crippen molar-refractivity contribution in [2.45, 2.75) is 84.5 Å². The van der Waals surface area contributed by atoms with Crippen molar-refractivity contribution >= 4 is 5.97 Å². The third-order valence-electron chi connectivity index (χ3n) is 6.12. The third kappa shape index (κ3) is 6.16. The topological polar surface area (TPSA) is 70.0 Å². The Morgan fingerprint density at radius 1 is 1.11 bits per heavy atom. The zero-order valence-electron chi connectivity index (χ0n) is 18.1. The molecule has 160 valence electrons. The molecule has 1 heterocycles. The molecule has 0 amide bonds. The number of hydrogen-bond acceptors (Lipinski definition) is 5. The first kappa shape index (κ1) is 23.1. The van der Waals surface area contributed by atoms with Crippen LogP contribution in [0.5, 0.6) is 0 Å². The van der Waals surface area contributed by atoms with Gasteiger partial charge in [-0.05, 0) is 64.3 Å².